The molecule has 0 unspecified atom stereocenters. The van der Waals surface area contributed by atoms with Gasteiger partial charge in [-0.05, 0) is 92.3 Å². The van der Waals surface area contributed by atoms with Crippen LogP contribution < -0.4 is 0 Å². The smallest absolute Gasteiger partial charge is 0.148 e. The van der Waals surface area contributed by atoms with Crippen molar-refractivity contribution < 1.29 is 56.3 Å². The number of phenolic OH excluding ortho intramolecular Hbond substituents is 1. The summed E-state index contributed by atoms with van der Waals surface area (Å²) in [6.45, 7) is -8.74. The van der Waals surface area contributed by atoms with E-state index in [1.54, 1.807) is 59.2 Å². The molecule has 0 amide bonds. The van der Waals surface area contributed by atoms with Crippen LogP contribution in [0.15, 0.2) is 133 Å². The molecule has 0 bridgehead atoms. The number of fused-ring (bicyclic) bond motifs is 1. The van der Waals surface area contributed by atoms with Crippen LogP contribution in [0, 0.1) is 13.0 Å². The minimum atomic E-state index is -3.87. The van der Waals surface area contributed by atoms with Crippen LogP contribution in [-0.4, -0.2) is 19.6 Å². The molecule has 8 rings (SSSR count). The minimum Gasteiger partial charge on any atom is -0.507 e. The van der Waals surface area contributed by atoms with Gasteiger partial charge in [0.15, 0.2) is 0 Å². The van der Waals surface area contributed by atoms with Gasteiger partial charge >= 0.3 is 0 Å². The number of hydrogen-bond acceptors (Lipinski definition) is 3. The molecule has 8 aromatic rings. The Labute approximate surface area is 427 Å². The van der Waals surface area contributed by atoms with Gasteiger partial charge in [-0.25, -0.2) is 4.98 Å². The van der Waals surface area contributed by atoms with Gasteiger partial charge in [0.25, 0.3) is 0 Å². The van der Waals surface area contributed by atoms with Crippen LogP contribution in [0.1, 0.15) is 141 Å². The number of aryl methyl sites for hydroxylation is 1. The molecule has 6 aromatic carbocycles. The molecule has 0 fully saturated rings. The minimum absolute atomic E-state index is 0. The largest absolute Gasteiger partial charge is 0.507 e. The number of phenols is 1. The summed E-state index contributed by atoms with van der Waals surface area (Å²) in [5.74, 6) is 0.0894. The first-order chi connectivity index (χ1) is 38.8. The molecule has 330 valence electrons. The van der Waals surface area contributed by atoms with E-state index in [0.717, 1.165) is 11.1 Å². The van der Waals surface area contributed by atoms with Crippen LogP contribution >= 0.6 is 0 Å². The number of aromatic hydroxyl groups is 1. The number of nitrogens with zero attached hydrogens (tertiary/aromatic N) is 3. The maximum atomic E-state index is 12.4. The average molecular weight is 1050 g/mol. The van der Waals surface area contributed by atoms with E-state index >= 15 is 0 Å². The van der Waals surface area contributed by atoms with Crippen LogP contribution in [0.2, 0.25) is 0 Å². The van der Waals surface area contributed by atoms with Gasteiger partial charge in [0.1, 0.15) is 11.6 Å². The van der Waals surface area contributed by atoms with Crippen molar-refractivity contribution in [2.75, 3.05) is 0 Å². The number of aromatic nitrogens is 3. The Morgan fingerprint density at radius 3 is 1.95 bits per heavy atom. The van der Waals surface area contributed by atoms with Gasteiger partial charge in [0.2, 0.25) is 0 Å². The van der Waals surface area contributed by atoms with Gasteiger partial charge < -0.3 is 5.11 Å². The molecule has 0 aliphatic heterocycles. The predicted octanol–water partition coefficient (Wildman–Crippen LogP) is 15.8. The van der Waals surface area contributed by atoms with Crippen LogP contribution in [0.5, 0.6) is 5.75 Å². The third-order valence-electron chi connectivity index (χ3n) is 11.1. The molecular formula is C59H62N3OPt-. The Balaban J connectivity index is 0.0000106. The van der Waals surface area contributed by atoms with E-state index in [9.17, 15) is 5.11 Å². The monoisotopic (exact) mass is 1050 g/mol. The van der Waals surface area contributed by atoms with Crippen molar-refractivity contribution in [1.29, 1.82) is 0 Å². The zero-order chi connectivity index (χ0) is 63.7. The molecule has 4 nitrogen and oxygen atoms in total. The predicted molar refractivity (Wildman–Crippen MR) is 266 cm³/mol. The second-order valence-corrected chi connectivity index (χ2v) is 18.1. The second kappa shape index (κ2) is 17.1. The number of para-hydroxylation sites is 1. The van der Waals surface area contributed by atoms with Crippen LogP contribution in [0.4, 0.5) is 0 Å². The Hall–Kier alpha value is -5.57. The molecule has 1 N–H and O–H groups in total. The SMILES string of the molecule is [2H]c1c([2H])c(C(C([2H])([2H])[2H])(C([2H])([2H])[2H])C([2H])([2H])[2H])c([2H])c([2H])c1-c1ccnc(-c2[c-]c(-c3cccc4c3nc(-c3cc(C)cc(C(C)(C)C)c3O)n4-c3ccc(C(C([2H])([2H])[2H])(C([2H])([2H])[2H])C([2H])([2H])[2H])cc3-c3ccccc3)cc(C(C)(C)C)c2)c1.[Pt]. The molecule has 0 spiro atoms. The van der Waals surface area contributed by atoms with E-state index in [2.05, 4.69) is 11.1 Å². The Kier molecular flexibility index (Phi) is 6.89. The molecular weight excluding hydrogens is 962 g/mol. The Morgan fingerprint density at radius 2 is 1.28 bits per heavy atom. The molecule has 0 atom stereocenters. The van der Waals surface area contributed by atoms with Gasteiger partial charge in [-0.15, -0.1) is 29.3 Å². The second-order valence-electron chi connectivity index (χ2n) is 18.1. The van der Waals surface area contributed by atoms with Crippen molar-refractivity contribution >= 4 is 11.0 Å². The fourth-order valence-electron chi connectivity index (χ4n) is 7.74. The molecule has 2 aromatic heterocycles. The quantitative estimate of drug-likeness (QED) is 0.169. The fraction of sp³-hybridized carbons (Fsp3) is 0.288. The van der Waals surface area contributed by atoms with E-state index in [-0.39, 0.29) is 55.0 Å². The molecule has 2 heterocycles. The average Bonchev–Trinajstić information content (AvgIpc) is 0.774. The fourth-order valence-corrected chi connectivity index (χ4v) is 7.74. The topological polar surface area (TPSA) is 50.9 Å². The summed E-state index contributed by atoms with van der Waals surface area (Å²) in [6, 6.07) is 27.4. The molecule has 64 heavy (non-hydrogen) atoms. The van der Waals surface area contributed by atoms with Gasteiger partial charge in [0, 0.05) is 68.8 Å². The Bertz CT molecular complexity index is 3810. The molecule has 0 radical (unpaired) electrons. The maximum absolute atomic E-state index is 12.4. The molecule has 5 heteroatoms. The van der Waals surface area contributed by atoms with E-state index < -0.39 is 104 Å². The van der Waals surface area contributed by atoms with Crippen LogP contribution in [0.25, 0.3) is 72.7 Å². The van der Waals surface area contributed by atoms with Crippen LogP contribution in [0.3, 0.4) is 0 Å². The third kappa shape index (κ3) is 9.18. The molecule has 0 saturated heterocycles. The zero-order valence-electron chi connectivity index (χ0n) is 58.5. The number of pyridine rings is 1. The number of hydrogen-bond donors (Lipinski definition) is 1. The van der Waals surface area contributed by atoms with Crippen molar-refractivity contribution in [3.8, 4) is 67.5 Å². The van der Waals surface area contributed by atoms with Crippen molar-refractivity contribution in [2.24, 2.45) is 0 Å². The van der Waals surface area contributed by atoms with E-state index in [1.807, 2.05) is 66.7 Å². The summed E-state index contributed by atoms with van der Waals surface area (Å²) < 4.78 is 190. The van der Waals surface area contributed by atoms with E-state index in [4.69, 9.17) is 35.1 Å². The zero-order valence-corrected chi connectivity index (χ0v) is 38.8. The number of rotatable bonds is 6. The summed E-state index contributed by atoms with van der Waals surface area (Å²) >= 11 is 0. The third-order valence-corrected chi connectivity index (χ3v) is 11.1. The van der Waals surface area contributed by atoms with Crippen LogP contribution in [-0.2, 0) is 42.7 Å². The molecule has 0 saturated carbocycles. The summed E-state index contributed by atoms with van der Waals surface area (Å²) in [7, 11) is 0. The first-order valence-corrected chi connectivity index (χ1v) is 20.5. The maximum Gasteiger partial charge on any atom is 0.148 e. The van der Waals surface area contributed by atoms with Crippen molar-refractivity contribution in [3.63, 3.8) is 0 Å². The van der Waals surface area contributed by atoms with Gasteiger partial charge in [-0.2, -0.15) is 0 Å². The van der Waals surface area contributed by atoms with E-state index in [1.165, 1.54) is 36.5 Å². The van der Waals surface area contributed by atoms with Gasteiger partial charge in [0.05, 0.1) is 27.8 Å². The summed E-state index contributed by atoms with van der Waals surface area (Å²) in [6.07, 6.45) is 1.34. The molecule has 0 aliphatic carbocycles. The first kappa shape index (κ1) is 25.8. The van der Waals surface area contributed by atoms with E-state index in [0.29, 0.717) is 44.5 Å². The first-order valence-electron chi connectivity index (χ1n) is 31.5. The van der Waals surface area contributed by atoms with Crippen molar-refractivity contribution in [2.45, 2.75) is 111 Å². The Morgan fingerprint density at radius 1 is 0.594 bits per heavy atom. The standard InChI is InChI=1S/C59H62N3O.Pt/c1-37-30-48(54(63)49(31-37)59(11,12)13)55-61-53-46(20-17-21-52(53)62(55)51-27-26-44(57(5,6)7)36-47(51)39-18-15-14-16-19-39)41-32-42(34-45(33-41)58(8,9)10)50-35-40(28-29-60-50)38-22-24-43(25-23-38)56(2,3)4;/h14-31,33-36,63H,1-13H3;/q-1;/i2D3,3D3,4D3,5D3,6D3,7D3,22D,23D,24D,25D;. The summed E-state index contributed by atoms with van der Waals surface area (Å²) in [5.41, 5.74) is -4.88. The number of imidazole rings is 1. The summed E-state index contributed by atoms with van der Waals surface area (Å²) in [4.78, 5) is 9.99. The number of benzene rings is 6. The normalized spacial score (nSPS) is 18.6. The van der Waals surface area contributed by atoms with Crippen molar-refractivity contribution in [1.82, 2.24) is 14.5 Å². The molecule has 0 aliphatic rings. The van der Waals surface area contributed by atoms with Gasteiger partial charge in [-0.3, -0.25) is 9.55 Å². The van der Waals surface area contributed by atoms with Gasteiger partial charge in [-0.1, -0.05) is 179 Å². The van der Waals surface area contributed by atoms with Crippen molar-refractivity contribution in [3.05, 3.63) is 167 Å². The summed E-state index contributed by atoms with van der Waals surface area (Å²) in [5, 5.41) is 12.4.